The summed E-state index contributed by atoms with van der Waals surface area (Å²) in [5.74, 6) is -0.851. The molecular formula is C13H17FN4O2. The highest BCUT2D eigenvalue weighted by Crippen LogP contribution is 2.26. The second-order valence-corrected chi connectivity index (χ2v) is 4.62. The van der Waals surface area contributed by atoms with Gasteiger partial charge in [0, 0.05) is 12.6 Å². The number of pyridine rings is 1. The molecule has 0 aliphatic carbocycles. The predicted molar refractivity (Wildman–Crippen MR) is 71.5 cm³/mol. The maximum absolute atomic E-state index is 13.9. The van der Waals surface area contributed by atoms with Crippen molar-refractivity contribution in [3.05, 3.63) is 23.8 Å². The largest absolute Gasteiger partial charge is 0.341 e. The van der Waals surface area contributed by atoms with Gasteiger partial charge in [-0.15, -0.1) is 0 Å². The molecule has 0 fully saturated rings. The van der Waals surface area contributed by atoms with Gasteiger partial charge in [-0.25, -0.2) is 9.18 Å². The van der Waals surface area contributed by atoms with Crippen molar-refractivity contribution in [2.24, 2.45) is 0 Å². The monoisotopic (exact) mass is 280 g/mol. The highest BCUT2D eigenvalue weighted by Gasteiger charge is 2.33. The van der Waals surface area contributed by atoms with Crippen molar-refractivity contribution in [1.29, 1.82) is 0 Å². The number of fused-ring (bicyclic) bond motifs is 1. The van der Waals surface area contributed by atoms with Crippen molar-refractivity contribution in [3.63, 3.8) is 0 Å². The van der Waals surface area contributed by atoms with Crippen molar-refractivity contribution in [2.45, 2.75) is 32.4 Å². The SMILES string of the molecule is CCC[C@H]1C(=O)Nc2cncc(F)c2CN1C(=O)NC. The second-order valence-electron chi connectivity index (χ2n) is 4.62. The van der Waals surface area contributed by atoms with Crippen LogP contribution in [-0.4, -0.2) is 34.9 Å². The number of carbonyl (C=O) groups excluding carboxylic acids is 2. The first-order valence-electron chi connectivity index (χ1n) is 6.50. The van der Waals surface area contributed by atoms with Gasteiger partial charge in [0.05, 0.1) is 24.6 Å². The third kappa shape index (κ3) is 2.56. The van der Waals surface area contributed by atoms with E-state index in [9.17, 15) is 14.0 Å². The molecule has 2 heterocycles. The van der Waals surface area contributed by atoms with Gasteiger partial charge < -0.3 is 15.5 Å². The maximum atomic E-state index is 13.9. The fourth-order valence-corrected chi connectivity index (χ4v) is 2.29. The van der Waals surface area contributed by atoms with E-state index in [0.29, 0.717) is 12.1 Å². The molecular weight excluding hydrogens is 263 g/mol. The Bertz CT molecular complexity index is 535. The Labute approximate surface area is 116 Å². The number of anilines is 1. The van der Waals surface area contributed by atoms with Crippen LogP contribution >= 0.6 is 0 Å². The second kappa shape index (κ2) is 5.85. The minimum absolute atomic E-state index is 0.0345. The molecule has 0 radical (unpaired) electrons. The number of halogens is 1. The average Bonchev–Trinajstić information content (AvgIpc) is 2.57. The van der Waals surface area contributed by atoms with Crippen molar-refractivity contribution < 1.29 is 14.0 Å². The van der Waals surface area contributed by atoms with Gasteiger partial charge in [-0.3, -0.25) is 9.78 Å². The molecule has 2 rings (SSSR count). The van der Waals surface area contributed by atoms with E-state index in [0.717, 1.165) is 12.6 Å². The number of amides is 3. The molecule has 0 saturated carbocycles. The molecule has 0 saturated heterocycles. The Kier molecular flexibility index (Phi) is 4.16. The standard InChI is InChI=1S/C13H17FN4O2/c1-3-4-11-12(19)17-10-6-16-5-9(14)8(10)7-18(11)13(20)15-2/h5-6,11H,3-4,7H2,1-2H3,(H,15,20)(H,17,19)/t11-/m0/s1. The van der Waals surface area contributed by atoms with Gasteiger partial charge in [-0.2, -0.15) is 0 Å². The normalized spacial score (nSPS) is 18.1. The maximum Gasteiger partial charge on any atom is 0.318 e. The lowest BCUT2D eigenvalue weighted by Crippen LogP contribution is -2.48. The summed E-state index contributed by atoms with van der Waals surface area (Å²) in [6, 6.07) is -1.02. The zero-order valence-corrected chi connectivity index (χ0v) is 11.4. The highest BCUT2D eigenvalue weighted by molar-refractivity contribution is 5.98. The van der Waals surface area contributed by atoms with E-state index in [1.807, 2.05) is 6.92 Å². The molecule has 0 bridgehead atoms. The summed E-state index contributed by atoms with van der Waals surface area (Å²) in [7, 11) is 1.48. The lowest BCUT2D eigenvalue weighted by molar-refractivity contribution is -0.120. The fourth-order valence-electron chi connectivity index (χ4n) is 2.29. The van der Waals surface area contributed by atoms with Crippen LogP contribution in [0.5, 0.6) is 0 Å². The smallest absolute Gasteiger partial charge is 0.318 e. The van der Waals surface area contributed by atoms with Crippen molar-refractivity contribution in [3.8, 4) is 0 Å². The molecule has 6 nitrogen and oxygen atoms in total. The Morgan fingerprint density at radius 2 is 2.35 bits per heavy atom. The van der Waals surface area contributed by atoms with E-state index in [1.54, 1.807) is 0 Å². The Morgan fingerprint density at radius 3 is 3.00 bits per heavy atom. The quantitative estimate of drug-likeness (QED) is 0.861. The van der Waals surface area contributed by atoms with Crippen LogP contribution in [0, 0.1) is 5.82 Å². The third-order valence-electron chi connectivity index (χ3n) is 3.31. The lowest BCUT2D eigenvalue weighted by atomic mass is 10.1. The van der Waals surface area contributed by atoms with Gasteiger partial charge in [0.15, 0.2) is 0 Å². The number of hydrogen-bond donors (Lipinski definition) is 2. The minimum atomic E-state index is -0.619. The first-order chi connectivity index (χ1) is 9.58. The first kappa shape index (κ1) is 14.2. The zero-order valence-electron chi connectivity index (χ0n) is 11.4. The molecule has 0 spiro atoms. The molecule has 108 valence electrons. The molecule has 0 aromatic carbocycles. The topological polar surface area (TPSA) is 74.3 Å². The average molecular weight is 280 g/mol. The van der Waals surface area contributed by atoms with E-state index in [4.69, 9.17) is 0 Å². The number of carbonyl (C=O) groups is 2. The van der Waals surface area contributed by atoms with Gasteiger partial charge in [-0.05, 0) is 6.42 Å². The number of hydrogen-bond acceptors (Lipinski definition) is 3. The lowest BCUT2D eigenvalue weighted by Gasteiger charge is -2.27. The van der Waals surface area contributed by atoms with Gasteiger partial charge >= 0.3 is 6.03 Å². The summed E-state index contributed by atoms with van der Waals surface area (Å²) in [6.45, 7) is 1.96. The molecule has 7 heteroatoms. The van der Waals surface area contributed by atoms with Crippen LogP contribution in [0.1, 0.15) is 25.3 Å². The van der Waals surface area contributed by atoms with Crippen LogP contribution in [0.4, 0.5) is 14.9 Å². The summed E-state index contributed by atoms with van der Waals surface area (Å²) < 4.78 is 13.9. The van der Waals surface area contributed by atoms with Crippen molar-refractivity contribution >= 4 is 17.6 Å². The van der Waals surface area contributed by atoms with E-state index in [2.05, 4.69) is 15.6 Å². The molecule has 1 atom stereocenters. The molecule has 1 aliphatic rings. The molecule has 1 aliphatic heterocycles. The fraction of sp³-hybridized carbons (Fsp3) is 0.462. The van der Waals surface area contributed by atoms with Crippen LogP contribution < -0.4 is 10.6 Å². The van der Waals surface area contributed by atoms with Crippen LogP contribution in [0.25, 0.3) is 0 Å². The van der Waals surface area contributed by atoms with E-state index in [-0.39, 0.29) is 18.0 Å². The summed E-state index contributed by atoms with van der Waals surface area (Å²) in [5.41, 5.74) is 0.595. The van der Waals surface area contributed by atoms with Crippen molar-refractivity contribution in [2.75, 3.05) is 12.4 Å². The van der Waals surface area contributed by atoms with Crippen LogP contribution in [0.15, 0.2) is 12.4 Å². The van der Waals surface area contributed by atoms with Crippen LogP contribution in [-0.2, 0) is 11.3 Å². The number of nitrogens with zero attached hydrogens (tertiary/aromatic N) is 2. The Hall–Kier alpha value is -2.18. The molecule has 0 unspecified atom stereocenters. The molecule has 3 amide bonds. The van der Waals surface area contributed by atoms with Gasteiger partial charge in [-0.1, -0.05) is 13.3 Å². The number of aromatic nitrogens is 1. The van der Waals surface area contributed by atoms with E-state index >= 15 is 0 Å². The summed E-state index contributed by atoms with van der Waals surface area (Å²) in [4.78, 5) is 29.3. The Morgan fingerprint density at radius 1 is 1.60 bits per heavy atom. The number of rotatable bonds is 2. The summed E-state index contributed by atoms with van der Waals surface area (Å²) in [6.07, 6.45) is 3.73. The highest BCUT2D eigenvalue weighted by atomic mass is 19.1. The zero-order chi connectivity index (χ0) is 14.7. The van der Waals surface area contributed by atoms with Crippen molar-refractivity contribution in [1.82, 2.24) is 15.2 Å². The van der Waals surface area contributed by atoms with Crippen LogP contribution in [0.2, 0.25) is 0 Å². The van der Waals surface area contributed by atoms with Crippen LogP contribution in [0.3, 0.4) is 0 Å². The van der Waals surface area contributed by atoms with E-state index < -0.39 is 17.9 Å². The predicted octanol–water partition coefficient (Wildman–Crippen LogP) is 1.48. The molecule has 1 aromatic heterocycles. The Balaban J connectivity index is 2.44. The molecule has 2 N–H and O–H groups in total. The summed E-state index contributed by atoms with van der Waals surface area (Å²) in [5, 5.41) is 5.13. The minimum Gasteiger partial charge on any atom is -0.341 e. The third-order valence-corrected chi connectivity index (χ3v) is 3.31. The van der Waals surface area contributed by atoms with Gasteiger partial charge in [0.25, 0.3) is 0 Å². The summed E-state index contributed by atoms with van der Waals surface area (Å²) >= 11 is 0. The van der Waals surface area contributed by atoms with E-state index in [1.165, 1.54) is 18.1 Å². The molecule has 1 aromatic rings. The number of urea groups is 1. The first-order valence-corrected chi connectivity index (χ1v) is 6.50. The molecule has 20 heavy (non-hydrogen) atoms. The van der Waals surface area contributed by atoms with Gasteiger partial charge in [0.1, 0.15) is 11.9 Å². The van der Waals surface area contributed by atoms with Gasteiger partial charge in [0.2, 0.25) is 5.91 Å². The number of nitrogens with one attached hydrogen (secondary N) is 2.